The quantitative estimate of drug-likeness (QED) is 0.755. The minimum absolute atomic E-state index is 0.0735. The van der Waals surface area contributed by atoms with Gasteiger partial charge in [0.25, 0.3) is 0 Å². The summed E-state index contributed by atoms with van der Waals surface area (Å²) >= 11 is 0. The molecule has 1 aromatic heterocycles. The van der Waals surface area contributed by atoms with Gasteiger partial charge < -0.3 is 14.8 Å². The number of fused-ring (bicyclic) bond motifs is 2. The molecule has 2 aliphatic heterocycles. The number of halogens is 3. The van der Waals surface area contributed by atoms with Crippen molar-refractivity contribution in [1.82, 2.24) is 9.88 Å². The number of carbonyl (C=O) groups excluding carboxylic acids is 1. The van der Waals surface area contributed by atoms with Gasteiger partial charge in [-0.3, -0.25) is 9.69 Å². The number of pyridine rings is 1. The van der Waals surface area contributed by atoms with Gasteiger partial charge in [0.1, 0.15) is 5.75 Å². The highest BCUT2D eigenvalue weighted by Gasteiger charge is 2.34. The van der Waals surface area contributed by atoms with Crippen LogP contribution in [0.4, 0.5) is 18.9 Å². The highest BCUT2D eigenvalue weighted by atomic mass is 19.4. The predicted molar refractivity (Wildman–Crippen MR) is 112 cm³/mol. The molecule has 3 heterocycles. The van der Waals surface area contributed by atoms with E-state index in [1.165, 1.54) is 6.07 Å². The van der Waals surface area contributed by atoms with Crippen molar-refractivity contribution in [3.63, 3.8) is 0 Å². The first kappa shape index (κ1) is 22.4. The number of nitrogens with one attached hydrogen (secondary N) is 1. The van der Waals surface area contributed by atoms with E-state index in [0.717, 1.165) is 43.6 Å². The zero-order valence-corrected chi connectivity index (χ0v) is 17.8. The molecule has 2 aliphatic rings. The Morgan fingerprint density at radius 1 is 1.25 bits per heavy atom. The highest BCUT2D eigenvalue weighted by molar-refractivity contribution is 5.92. The first-order chi connectivity index (χ1) is 15.3. The summed E-state index contributed by atoms with van der Waals surface area (Å²) in [4.78, 5) is 19.2. The molecule has 1 fully saturated rings. The van der Waals surface area contributed by atoms with Crippen molar-refractivity contribution >= 4 is 11.6 Å². The van der Waals surface area contributed by atoms with Gasteiger partial charge in [0.05, 0.1) is 25.0 Å². The van der Waals surface area contributed by atoms with E-state index < -0.39 is 11.7 Å². The van der Waals surface area contributed by atoms with Crippen LogP contribution in [0.3, 0.4) is 0 Å². The van der Waals surface area contributed by atoms with Gasteiger partial charge in [-0.15, -0.1) is 0 Å². The Labute approximate surface area is 184 Å². The van der Waals surface area contributed by atoms with E-state index in [1.54, 1.807) is 13.3 Å². The zero-order valence-electron chi connectivity index (χ0n) is 17.8. The number of nitrogens with zero attached hydrogens (tertiary/aromatic N) is 2. The Morgan fingerprint density at radius 2 is 2.09 bits per heavy atom. The van der Waals surface area contributed by atoms with Gasteiger partial charge in [-0.25, -0.2) is 4.98 Å². The van der Waals surface area contributed by atoms with Crippen LogP contribution in [0.2, 0.25) is 0 Å². The van der Waals surface area contributed by atoms with Crippen molar-refractivity contribution in [2.24, 2.45) is 11.8 Å². The molecule has 0 unspecified atom stereocenters. The number of anilines is 1. The molecule has 0 bridgehead atoms. The van der Waals surface area contributed by atoms with Crippen LogP contribution >= 0.6 is 0 Å². The third kappa shape index (κ3) is 5.15. The van der Waals surface area contributed by atoms with Gasteiger partial charge in [-0.05, 0) is 55.5 Å². The molecule has 6 nitrogen and oxygen atoms in total. The SMILES string of the molecule is COc1ncccc1CN1CC[C@H]2CC(=O)Nc3cc(C(F)(F)F)ccc3OCC[C@H]2C1. The number of methoxy groups -OCH3 is 1. The molecule has 1 amide bonds. The van der Waals surface area contributed by atoms with Gasteiger partial charge >= 0.3 is 6.18 Å². The lowest BCUT2D eigenvalue weighted by Crippen LogP contribution is -2.42. The Bertz CT molecular complexity index is 967. The standard InChI is InChI=1S/C23H26F3N3O3/c1-31-22-17(3-2-8-27-22)14-29-9-6-15-11-21(30)28-19-12-18(23(24,25)26)4-5-20(19)32-10-7-16(15)13-29/h2-5,8,12,15-16H,6-7,9-11,13-14H2,1H3,(H,28,30)/t15-,16-/m0/s1. The fourth-order valence-electron chi connectivity index (χ4n) is 4.55. The van der Waals surface area contributed by atoms with E-state index in [9.17, 15) is 18.0 Å². The molecule has 0 radical (unpaired) electrons. The van der Waals surface area contributed by atoms with Gasteiger partial charge in [0.2, 0.25) is 11.8 Å². The van der Waals surface area contributed by atoms with Crippen LogP contribution in [0.1, 0.15) is 30.4 Å². The minimum Gasteiger partial charge on any atom is -0.491 e. The highest BCUT2D eigenvalue weighted by Crippen LogP contribution is 2.37. The number of hydrogen-bond acceptors (Lipinski definition) is 5. The molecule has 172 valence electrons. The number of rotatable bonds is 3. The van der Waals surface area contributed by atoms with Crippen molar-refractivity contribution in [1.29, 1.82) is 0 Å². The van der Waals surface area contributed by atoms with Crippen molar-refractivity contribution in [3.05, 3.63) is 47.7 Å². The van der Waals surface area contributed by atoms with Crippen LogP contribution in [0.5, 0.6) is 11.6 Å². The lowest BCUT2D eigenvalue weighted by Gasteiger charge is -2.39. The summed E-state index contributed by atoms with van der Waals surface area (Å²) < 4.78 is 50.4. The topological polar surface area (TPSA) is 63.7 Å². The van der Waals surface area contributed by atoms with E-state index in [0.29, 0.717) is 19.0 Å². The van der Waals surface area contributed by atoms with Crippen LogP contribution in [-0.2, 0) is 17.5 Å². The van der Waals surface area contributed by atoms with Crippen LogP contribution in [0, 0.1) is 11.8 Å². The number of piperidine rings is 1. The molecule has 1 N–H and O–H groups in total. The molecule has 0 spiro atoms. The second-order valence-corrected chi connectivity index (χ2v) is 8.31. The van der Waals surface area contributed by atoms with E-state index in [1.807, 2.05) is 12.1 Å². The number of hydrogen-bond donors (Lipinski definition) is 1. The predicted octanol–water partition coefficient (Wildman–Crippen LogP) is 4.36. The largest absolute Gasteiger partial charge is 0.491 e. The maximum atomic E-state index is 13.1. The molecule has 1 saturated heterocycles. The van der Waals surface area contributed by atoms with Gasteiger partial charge in [-0.1, -0.05) is 6.07 Å². The summed E-state index contributed by atoms with van der Waals surface area (Å²) in [7, 11) is 1.60. The van der Waals surface area contributed by atoms with Gasteiger partial charge in [-0.2, -0.15) is 13.2 Å². The van der Waals surface area contributed by atoms with Crippen molar-refractivity contribution in [3.8, 4) is 11.6 Å². The number of ether oxygens (including phenoxy) is 2. The molecule has 0 aliphatic carbocycles. The summed E-state index contributed by atoms with van der Waals surface area (Å²) in [5.74, 6) is 0.982. The van der Waals surface area contributed by atoms with E-state index in [-0.39, 0.29) is 35.6 Å². The third-order valence-corrected chi connectivity index (χ3v) is 6.19. The van der Waals surface area contributed by atoms with Gasteiger partial charge in [0, 0.05) is 31.3 Å². The average Bonchev–Trinajstić information content (AvgIpc) is 2.76. The molecule has 9 heteroatoms. The van der Waals surface area contributed by atoms with E-state index in [2.05, 4.69) is 15.2 Å². The summed E-state index contributed by atoms with van der Waals surface area (Å²) in [5.41, 5.74) is 0.273. The lowest BCUT2D eigenvalue weighted by atomic mass is 9.81. The summed E-state index contributed by atoms with van der Waals surface area (Å²) in [6.45, 7) is 2.71. The Morgan fingerprint density at radius 3 is 2.88 bits per heavy atom. The number of amides is 1. The van der Waals surface area contributed by atoms with Crippen LogP contribution in [0.15, 0.2) is 36.5 Å². The number of benzene rings is 1. The summed E-state index contributed by atoms with van der Waals surface area (Å²) in [6, 6.07) is 7.07. The average molecular weight is 449 g/mol. The molecule has 2 atom stereocenters. The van der Waals surface area contributed by atoms with Crippen molar-refractivity contribution in [2.75, 3.05) is 32.1 Å². The first-order valence-electron chi connectivity index (χ1n) is 10.7. The number of alkyl halides is 3. The molecule has 4 rings (SSSR count). The molecular weight excluding hydrogens is 423 g/mol. The minimum atomic E-state index is -4.48. The zero-order chi connectivity index (χ0) is 22.7. The van der Waals surface area contributed by atoms with Gasteiger partial charge in [0.15, 0.2) is 0 Å². The van der Waals surface area contributed by atoms with Crippen LogP contribution in [-0.4, -0.2) is 42.6 Å². The van der Waals surface area contributed by atoms with E-state index >= 15 is 0 Å². The normalized spacial score (nSPS) is 22.2. The fraction of sp³-hybridized carbons (Fsp3) is 0.478. The van der Waals surface area contributed by atoms with Crippen LogP contribution < -0.4 is 14.8 Å². The van der Waals surface area contributed by atoms with Crippen molar-refractivity contribution in [2.45, 2.75) is 32.0 Å². The Kier molecular flexibility index (Phi) is 6.55. The third-order valence-electron chi connectivity index (χ3n) is 6.19. The molecular formula is C23H26F3N3O3. The number of aromatic nitrogens is 1. The second-order valence-electron chi connectivity index (χ2n) is 8.31. The molecule has 0 saturated carbocycles. The Hall–Kier alpha value is -2.81. The summed E-state index contributed by atoms with van der Waals surface area (Å²) in [6.07, 6.45) is -0.954. The van der Waals surface area contributed by atoms with Crippen LogP contribution in [0.25, 0.3) is 0 Å². The van der Waals surface area contributed by atoms with Crippen molar-refractivity contribution < 1.29 is 27.4 Å². The number of carbonyl (C=O) groups is 1. The number of likely N-dealkylation sites (tertiary alicyclic amines) is 1. The maximum Gasteiger partial charge on any atom is 0.416 e. The maximum absolute atomic E-state index is 13.1. The second kappa shape index (κ2) is 9.36. The lowest BCUT2D eigenvalue weighted by molar-refractivity contribution is -0.137. The summed E-state index contributed by atoms with van der Waals surface area (Å²) in [5, 5.41) is 2.64. The first-order valence-corrected chi connectivity index (χ1v) is 10.7. The van der Waals surface area contributed by atoms with E-state index in [4.69, 9.17) is 9.47 Å². The smallest absolute Gasteiger partial charge is 0.416 e. The molecule has 32 heavy (non-hydrogen) atoms. The monoisotopic (exact) mass is 449 g/mol. The fourth-order valence-corrected chi connectivity index (χ4v) is 4.55. The molecule has 2 aromatic rings. The molecule has 1 aromatic carbocycles. The Balaban J connectivity index is 1.47.